The van der Waals surface area contributed by atoms with E-state index in [1.165, 1.54) is 19.3 Å². The van der Waals surface area contributed by atoms with Crippen LogP contribution in [0.5, 0.6) is 0 Å². The standard InChI is InChI=1S/C9H20.2H3O3PS.Zn/c1-5-7-9(6-2)8(3)4;2*1-4(2,3)5;/h8-9H,5-7H2,1-4H3;2*(H3,1,2,3,5);. The van der Waals surface area contributed by atoms with Crippen molar-refractivity contribution in [2.45, 2.75) is 47.0 Å². The minimum absolute atomic E-state index is 0. The molecule has 122 valence electrons. The van der Waals surface area contributed by atoms with E-state index < -0.39 is 13.4 Å². The number of hydrogen-bond acceptors (Lipinski definition) is 2. The molecule has 0 spiro atoms. The van der Waals surface area contributed by atoms with Gasteiger partial charge in [-0.25, -0.2) is 0 Å². The molecule has 0 heterocycles. The van der Waals surface area contributed by atoms with Gasteiger partial charge in [-0.05, 0) is 35.4 Å². The third-order valence-corrected chi connectivity index (χ3v) is 2.13. The molecule has 0 fully saturated rings. The molecule has 1 atom stereocenters. The maximum atomic E-state index is 7.56. The summed E-state index contributed by atoms with van der Waals surface area (Å²) in [5, 5.41) is 0. The molecule has 20 heavy (non-hydrogen) atoms. The summed E-state index contributed by atoms with van der Waals surface area (Å²) in [6.07, 6.45) is 4.11. The van der Waals surface area contributed by atoms with E-state index in [9.17, 15) is 0 Å². The van der Waals surface area contributed by atoms with Crippen LogP contribution < -0.4 is 0 Å². The summed E-state index contributed by atoms with van der Waals surface area (Å²) < 4.78 is 0. The van der Waals surface area contributed by atoms with Crippen molar-refractivity contribution in [3.05, 3.63) is 0 Å². The van der Waals surface area contributed by atoms with Crippen molar-refractivity contribution in [1.82, 2.24) is 0 Å². The predicted octanol–water partition coefficient (Wildman–Crippen LogP) is 1.84. The monoisotopic (exact) mass is 420 g/mol. The minimum Gasteiger partial charge on any atom is -0.325 e. The van der Waals surface area contributed by atoms with Crippen LogP contribution in [0, 0.1) is 11.8 Å². The predicted molar refractivity (Wildman–Crippen MR) is 85.4 cm³/mol. The van der Waals surface area contributed by atoms with Crippen LogP contribution in [-0.4, -0.2) is 29.4 Å². The molecule has 1 unspecified atom stereocenters. The van der Waals surface area contributed by atoms with Crippen molar-refractivity contribution in [2.75, 3.05) is 0 Å². The summed E-state index contributed by atoms with van der Waals surface area (Å²) >= 11 is 7.21. The fourth-order valence-corrected chi connectivity index (χ4v) is 1.38. The fraction of sp³-hybridized carbons (Fsp3) is 1.00. The van der Waals surface area contributed by atoms with Crippen molar-refractivity contribution in [3.8, 4) is 0 Å². The van der Waals surface area contributed by atoms with E-state index in [-0.39, 0.29) is 19.5 Å². The Morgan fingerprint density at radius 1 is 0.850 bits per heavy atom. The first-order valence-electron chi connectivity index (χ1n) is 5.78. The molecule has 0 aromatic rings. The average molecular weight is 422 g/mol. The van der Waals surface area contributed by atoms with Crippen molar-refractivity contribution < 1.29 is 48.8 Å². The maximum absolute atomic E-state index is 7.56. The van der Waals surface area contributed by atoms with Gasteiger partial charge in [-0.15, -0.1) is 0 Å². The van der Waals surface area contributed by atoms with Crippen LogP contribution in [0.15, 0.2) is 0 Å². The van der Waals surface area contributed by atoms with Gasteiger partial charge in [-0.1, -0.05) is 47.0 Å². The second-order valence-corrected chi connectivity index (χ2v) is 9.22. The summed E-state index contributed by atoms with van der Waals surface area (Å²) in [4.78, 5) is 45.3. The average Bonchev–Trinajstić information content (AvgIpc) is 2.07. The van der Waals surface area contributed by atoms with Crippen LogP contribution in [0.4, 0.5) is 0 Å². The molecule has 0 radical (unpaired) electrons. The van der Waals surface area contributed by atoms with Crippen LogP contribution in [0.3, 0.4) is 0 Å². The Morgan fingerprint density at radius 3 is 1.15 bits per heavy atom. The summed E-state index contributed by atoms with van der Waals surface area (Å²) in [6.45, 7) is 1.60. The zero-order valence-corrected chi connectivity index (χ0v) is 18.8. The van der Waals surface area contributed by atoms with Crippen molar-refractivity contribution in [3.63, 3.8) is 0 Å². The van der Waals surface area contributed by atoms with Crippen LogP contribution in [-0.2, 0) is 43.1 Å². The topological polar surface area (TPSA) is 121 Å². The van der Waals surface area contributed by atoms with Gasteiger partial charge in [0, 0.05) is 19.5 Å². The van der Waals surface area contributed by atoms with Crippen LogP contribution in [0.2, 0.25) is 0 Å². The molecular formula is C9H26O6P2S2Zn. The Morgan fingerprint density at radius 2 is 1.10 bits per heavy atom. The fourth-order valence-electron chi connectivity index (χ4n) is 1.38. The third kappa shape index (κ3) is 60.2. The van der Waals surface area contributed by atoms with E-state index >= 15 is 0 Å². The van der Waals surface area contributed by atoms with Gasteiger partial charge in [0.2, 0.25) is 0 Å². The van der Waals surface area contributed by atoms with Crippen LogP contribution in [0.1, 0.15) is 47.0 Å². The van der Waals surface area contributed by atoms with Gasteiger partial charge in [-0.2, -0.15) is 0 Å². The molecule has 0 aromatic heterocycles. The third-order valence-electron chi connectivity index (χ3n) is 2.13. The van der Waals surface area contributed by atoms with Crippen molar-refractivity contribution in [1.29, 1.82) is 0 Å². The summed E-state index contributed by atoms with van der Waals surface area (Å²) in [5.74, 6) is 1.85. The normalized spacial score (nSPS) is 12.3. The second-order valence-electron chi connectivity index (χ2n) is 4.23. The molecule has 0 bridgehead atoms. The number of rotatable bonds is 4. The second kappa shape index (κ2) is 15.6. The summed E-state index contributed by atoms with van der Waals surface area (Å²) in [5.41, 5.74) is 0. The first kappa shape index (κ1) is 29.7. The van der Waals surface area contributed by atoms with Gasteiger partial charge in [-0.3, -0.25) is 0 Å². The zero-order chi connectivity index (χ0) is 16.3. The SMILES string of the molecule is CCCC(CC)C(C)C.OP(O)(O)=S.OP(O)(O)=S.[Zn]. The van der Waals surface area contributed by atoms with Crippen LogP contribution >= 0.6 is 13.4 Å². The largest absolute Gasteiger partial charge is 0.325 e. The molecule has 6 N–H and O–H groups in total. The smallest absolute Gasteiger partial charge is 0.319 e. The number of hydrogen-bond donors (Lipinski definition) is 6. The molecule has 11 heteroatoms. The molecular weight excluding hydrogens is 396 g/mol. The summed E-state index contributed by atoms with van der Waals surface area (Å²) in [7, 11) is 0. The molecule has 0 aliphatic heterocycles. The molecule has 0 saturated heterocycles. The van der Waals surface area contributed by atoms with Gasteiger partial charge in [0.05, 0.1) is 0 Å². The molecule has 6 nitrogen and oxygen atoms in total. The molecule has 0 aliphatic rings. The zero-order valence-electron chi connectivity index (χ0n) is 12.4. The minimum atomic E-state index is -3.81. The Bertz CT molecular complexity index is 258. The molecule has 0 rings (SSSR count). The van der Waals surface area contributed by atoms with Gasteiger partial charge >= 0.3 is 13.4 Å². The van der Waals surface area contributed by atoms with Gasteiger partial charge in [0.25, 0.3) is 0 Å². The Labute approximate surface area is 144 Å². The van der Waals surface area contributed by atoms with E-state index in [1.807, 2.05) is 0 Å². The van der Waals surface area contributed by atoms with Crippen molar-refractivity contribution >= 4 is 37.1 Å². The van der Waals surface area contributed by atoms with E-state index in [0.717, 1.165) is 11.8 Å². The van der Waals surface area contributed by atoms with E-state index in [4.69, 9.17) is 29.4 Å². The van der Waals surface area contributed by atoms with Crippen molar-refractivity contribution in [2.24, 2.45) is 11.8 Å². The Balaban J connectivity index is -0.000000101. The summed E-state index contributed by atoms with van der Waals surface area (Å²) in [6, 6.07) is 0. The Kier molecular flexibility index (Phi) is 23.1. The quantitative estimate of drug-likeness (QED) is 0.300. The first-order valence-corrected chi connectivity index (χ1v) is 11.1. The van der Waals surface area contributed by atoms with E-state index in [1.54, 1.807) is 0 Å². The van der Waals surface area contributed by atoms with E-state index in [0.29, 0.717) is 0 Å². The van der Waals surface area contributed by atoms with Gasteiger partial charge in [0.15, 0.2) is 0 Å². The molecule has 0 saturated carbocycles. The maximum Gasteiger partial charge on any atom is 0.319 e. The first-order chi connectivity index (χ1) is 8.22. The van der Waals surface area contributed by atoms with Gasteiger partial charge in [0.1, 0.15) is 0 Å². The Hall–Kier alpha value is 1.68. The van der Waals surface area contributed by atoms with Crippen LogP contribution in [0.25, 0.3) is 0 Å². The van der Waals surface area contributed by atoms with E-state index in [2.05, 4.69) is 51.3 Å². The molecule has 0 aliphatic carbocycles. The molecule has 0 amide bonds. The molecule has 0 aromatic carbocycles. The van der Waals surface area contributed by atoms with Gasteiger partial charge < -0.3 is 29.4 Å².